The minimum absolute atomic E-state index is 0.0727. The summed E-state index contributed by atoms with van der Waals surface area (Å²) in [7, 11) is 0. The Hall–Kier alpha value is -3.03. The first-order valence-electron chi connectivity index (χ1n) is 10.2. The molecule has 8 nitrogen and oxygen atoms in total. The first-order valence-corrected chi connectivity index (χ1v) is 10.2. The number of nitrogens with zero attached hydrogens (tertiary/aromatic N) is 3. The molecule has 2 amide bonds. The van der Waals surface area contributed by atoms with Crippen molar-refractivity contribution in [1.82, 2.24) is 15.0 Å². The number of aryl methyl sites for hydroxylation is 1. The van der Waals surface area contributed by atoms with E-state index in [1.807, 2.05) is 49.1 Å². The van der Waals surface area contributed by atoms with E-state index < -0.39 is 0 Å². The van der Waals surface area contributed by atoms with E-state index in [0.29, 0.717) is 55.3 Å². The van der Waals surface area contributed by atoms with Gasteiger partial charge in [0.05, 0.1) is 11.2 Å². The Labute approximate surface area is 175 Å². The minimum Gasteiger partial charge on any atom is -0.486 e. The van der Waals surface area contributed by atoms with Gasteiger partial charge in [0.25, 0.3) is 5.91 Å². The van der Waals surface area contributed by atoms with Gasteiger partial charge in [0.1, 0.15) is 24.5 Å². The number of benzene rings is 1. The van der Waals surface area contributed by atoms with Crippen molar-refractivity contribution in [2.24, 2.45) is 0 Å². The third-order valence-electron chi connectivity index (χ3n) is 5.77. The van der Waals surface area contributed by atoms with Crippen LogP contribution in [0.1, 0.15) is 48.5 Å². The molecule has 3 heterocycles. The number of aromatic nitrogens is 1. The van der Waals surface area contributed by atoms with Crippen LogP contribution in [0.2, 0.25) is 0 Å². The SMILES string of the molecule is Cc1noc(COc2ccccc2)c1C(=O)N1CCC(N2C(=O)OCC2(C)C)CC1. The summed E-state index contributed by atoms with van der Waals surface area (Å²) in [5.74, 6) is 1.01. The first-order chi connectivity index (χ1) is 14.4. The summed E-state index contributed by atoms with van der Waals surface area (Å²) in [5.41, 5.74) is 0.698. The van der Waals surface area contributed by atoms with Crippen LogP contribution in [-0.2, 0) is 11.3 Å². The Balaban J connectivity index is 1.41. The van der Waals surface area contributed by atoms with Crippen molar-refractivity contribution in [3.05, 3.63) is 47.3 Å². The van der Waals surface area contributed by atoms with Gasteiger partial charge in [-0.2, -0.15) is 0 Å². The third-order valence-corrected chi connectivity index (χ3v) is 5.77. The summed E-state index contributed by atoms with van der Waals surface area (Å²) in [5, 5.41) is 3.98. The van der Waals surface area contributed by atoms with Crippen LogP contribution < -0.4 is 4.74 Å². The van der Waals surface area contributed by atoms with Gasteiger partial charge >= 0.3 is 6.09 Å². The molecule has 2 aliphatic rings. The second-order valence-corrected chi connectivity index (χ2v) is 8.43. The highest BCUT2D eigenvalue weighted by molar-refractivity contribution is 5.96. The molecule has 2 aliphatic heterocycles. The maximum absolute atomic E-state index is 13.2. The van der Waals surface area contributed by atoms with Gasteiger partial charge < -0.3 is 18.9 Å². The zero-order valence-corrected chi connectivity index (χ0v) is 17.6. The van der Waals surface area contributed by atoms with Gasteiger partial charge in [-0.15, -0.1) is 0 Å². The Morgan fingerprint density at radius 2 is 1.93 bits per heavy atom. The molecule has 1 aromatic heterocycles. The van der Waals surface area contributed by atoms with Crippen LogP contribution in [0.25, 0.3) is 0 Å². The van der Waals surface area contributed by atoms with Crippen LogP contribution in [0.4, 0.5) is 4.79 Å². The van der Waals surface area contributed by atoms with Crippen LogP contribution in [0.15, 0.2) is 34.9 Å². The van der Waals surface area contributed by atoms with Crippen molar-refractivity contribution in [3.8, 4) is 5.75 Å². The van der Waals surface area contributed by atoms with Crippen LogP contribution >= 0.6 is 0 Å². The lowest BCUT2D eigenvalue weighted by atomic mass is 9.96. The lowest BCUT2D eigenvalue weighted by Gasteiger charge is -2.40. The number of hydrogen-bond acceptors (Lipinski definition) is 6. The minimum atomic E-state index is -0.319. The molecule has 2 saturated heterocycles. The predicted octanol–water partition coefficient (Wildman–Crippen LogP) is 3.40. The number of hydrogen-bond donors (Lipinski definition) is 0. The van der Waals surface area contributed by atoms with E-state index >= 15 is 0 Å². The van der Waals surface area contributed by atoms with Gasteiger partial charge in [0, 0.05) is 19.1 Å². The molecule has 2 aromatic rings. The molecule has 0 atom stereocenters. The van der Waals surface area contributed by atoms with Gasteiger partial charge in [0.15, 0.2) is 5.76 Å². The highest BCUT2D eigenvalue weighted by Gasteiger charge is 2.45. The molecule has 2 fully saturated rings. The summed E-state index contributed by atoms with van der Waals surface area (Å²) in [4.78, 5) is 29.0. The van der Waals surface area contributed by atoms with Crippen molar-refractivity contribution in [3.63, 3.8) is 0 Å². The lowest BCUT2D eigenvalue weighted by molar-refractivity contribution is 0.0585. The van der Waals surface area contributed by atoms with E-state index in [-0.39, 0.29) is 30.2 Å². The van der Waals surface area contributed by atoms with Crippen molar-refractivity contribution >= 4 is 12.0 Å². The van der Waals surface area contributed by atoms with Gasteiger partial charge in [-0.05, 0) is 45.7 Å². The normalized spacial score (nSPS) is 19.1. The molecule has 0 spiro atoms. The maximum atomic E-state index is 13.2. The molecule has 0 saturated carbocycles. The second kappa shape index (κ2) is 8.01. The number of carbonyl (C=O) groups excluding carboxylic acids is 2. The highest BCUT2D eigenvalue weighted by Crippen LogP contribution is 2.31. The number of ether oxygens (including phenoxy) is 2. The third kappa shape index (κ3) is 3.86. The molecule has 160 valence electrons. The molecular weight excluding hydrogens is 386 g/mol. The highest BCUT2D eigenvalue weighted by atomic mass is 16.6. The second-order valence-electron chi connectivity index (χ2n) is 8.43. The molecule has 0 bridgehead atoms. The topological polar surface area (TPSA) is 85.1 Å². The fourth-order valence-electron chi connectivity index (χ4n) is 4.21. The van der Waals surface area contributed by atoms with Crippen molar-refractivity contribution in [1.29, 1.82) is 0 Å². The van der Waals surface area contributed by atoms with E-state index in [2.05, 4.69) is 5.16 Å². The molecule has 0 radical (unpaired) electrons. The zero-order valence-electron chi connectivity index (χ0n) is 17.6. The summed E-state index contributed by atoms with van der Waals surface area (Å²) in [6.07, 6.45) is 1.16. The molecule has 0 N–H and O–H groups in total. The van der Waals surface area contributed by atoms with Crippen LogP contribution in [-0.4, -0.2) is 58.2 Å². The smallest absolute Gasteiger partial charge is 0.410 e. The number of rotatable bonds is 5. The van der Waals surface area contributed by atoms with E-state index in [4.69, 9.17) is 14.0 Å². The van der Waals surface area contributed by atoms with Crippen molar-refractivity contribution < 1.29 is 23.6 Å². The van der Waals surface area contributed by atoms with Crippen molar-refractivity contribution in [2.75, 3.05) is 19.7 Å². The number of para-hydroxylation sites is 1. The largest absolute Gasteiger partial charge is 0.486 e. The number of piperidine rings is 1. The molecule has 0 unspecified atom stereocenters. The van der Waals surface area contributed by atoms with Gasteiger partial charge in [-0.3, -0.25) is 9.69 Å². The molecular formula is C22H27N3O5. The summed E-state index contributed by atoms with van der Waals surface area (Å²) < 4.78 is 16.4. The molecule has 4 rings (SSSR count). The Morgan fingerprint density at radius 3 is 2.57 bits per heavy atom. The first kappa shape index (κ1) is 20.3. The standard InChI is InChI=1S/C22H27N3O5/c1-15-19(18(30-23-15)13-28-17-7-5-4-6-8-17)20(26)24-11-9-16(10-12-24)25-21(27)29-14-22(25,2)3/h4-8,16H,9-14H2,1-3H3. The van der Waals surface area contributed by atoms with E-state index in [9.17, 15) is 9.59 Å². The van der Waals surface area contributed by atoms with Gasteiger partial charge in [-0.1, -0.05) is 23.4 Å². The Kier molecular flexibility index (Phi) is 5.40. The average Bonchev–Trinajstić information content (AvgIpc) is 3.25. The number of amides is 2. The molecule has 30 heavy (non-hydrogen) atoms. The van der Waals surface area contributed by atoms with Crippen LogP contribution in [0, 0.1) is 6.92 Å². The fourth-order valence-corrected chi connectivity index (χ4v) is 4.21. The summed E-state index contributed by atoms with van der Waals surface area (Å²) in [6, 6.07) is 9.44. The van der Waals surface area contributed by atoms with Gasteiger partial charge in [0.2, 0.25) is 0 Å². The summed E-state index contributed by atoms with van der Waals surface area (Å²) in [6.45, 7) is 7.44. The van der Waals surface area contributed by atoms with Crippen molar-refractivity contribution in [2.45, 2.75) is 51.8 Å². The number of cyclic esters (lactones) is 1. The Morgan fingerprint density at radius 1 is 1.23 bits per heavy atom. The van der Waals surface area contributed by atoms with E-state index in [1.165, 1.54) is 0 Å². The maximum Gasteiger partial charge on any atom is 0.410 e. The molecule has 8 heteroatoms. The fraction of sp³-hybridized carbons (Fsp3) is 0.500. The summed E-state index contributed by atoms with van der Waals surface area (Å²) >= 11 is 0. The Bertz CT molecular complexity index is 916. The molecule has 1 aromatic carbocycles. The van der Waals surface area contributed by atoms with Crippen LogP contribution in [0.3, 0.4) is 0 Å². The number of carbonyl (C=O) groups is 2. The lowest BCUT2D eigenvalue weighted by Crippen LogP contribution is -2.53. The number of likely N-dealkylation sites (tertiary alicyclic amines) is 1. The monoisotopic (exact) mass is 413 g/mol. The predicted molar refractivity (Wildman–Crippen MR) is 108 cm³/mol. The van der Waals surface area contributed by atoms with E-state index in [1.54, 1.807) is 11.8 Å². The average molecular weight is 413 g/mol. The zero-order chi connectivity index (χ0) is 21.3. The molecule has 0 aliphatic carbocycles. The van der Waals surface area contributed by atoms with Gasteiger partial charge in [-0.25, -0.2) is 4.79 Å². The van der Waals surface area contributed by atoms with Crippen LogP contribution in [0.5, 0.6) is 5.75 Å². The quantitative estimate of drug-likeness (QED) is 0.747. The van der Waals surface area contributed by atoms with E-state index in [0.717, 1.165) is 0 Å².